The number of nitrogens with one attached hydrogen (secondary N) is 3. The Bertz CT molecular complexity index is 1320. The molecule has 0 saturated carbocycles. The van der Waals surface area contributed by atoms with E-state index in [4.69, 9.17) is 11.1 Å². The number of hydrogen-bond acceptors (Lipinski definition) is 4. The molecular weight excluding hydrogens is 482 g/mol. The molecule has 0 aliphatic heterocycles. The van der Waals surface area contributed by atoms with Crippen molar-refractivity contribution in [2.75, 3.05) is 6.54 Å². The molecule has 6 N–H and O–H groups in total. The largest absolute Gasteiger partial charge is 0.506 e. The molecule has 0 fully saturated rings. The van der Waals surface area contributed by atoms with Crippen LogP contribution in [-0.4, -0.2) is 33.4 Å². The average Bonchev–Trinajstić information content (AvgIpc) is 3.23. The standard InChI is InChI=1S/C25H24BrN5O2/c26-19-13-16(6-9-22(32)29-11-10-15-4-2-1-3-5-15)12-18(23(19)33)25-30-20-8-7-17(24(27)28)14-21(20)31-25/h1-5,7-8,12-14,33H,6,9-11H2,(H3,27,28)(H,29,32)(H,30,31). The van der Waals surface area contributed by atoms with Gasteiger partial charge in [-0.1, -0.05) is 30.3 Å². The molecule has 0 radical (unpaired) electrons. The van der Waals surface area contributed by atoms with Gasteiger partial charge in [0.1, 0.15) is 17.4 Å². The number of amides is 1. The van der Waals surface area contributed by atoms with Gasteiger partial charge >= 0.3 is 0 Å². The van der Waals surface area contributed by atoms with Crippen molar-refractivity contribution in [3.63, 3.8) is 0 Å². The Hall–Kier alpha value is -3.65. The number of aryl methyl sites for hydroxylation is 1. The highest BCUT2D eigenvalue weighted by atomic mass is 79.9. The van der Waals surface area contributed by atoms with E-state index in [0.29, 0.717) is 46.3 Å². The Balaban J connectivity index is 1.45. The zero-order chi connectivity index (χ0) is 23.4. The van der Waals surface area contributed by atoms with Crippen molar-refractivity contribution >= 4 is 38.7 Å². The van der Waals surface area contributed by atoms with E-state index in [1.54, 1.807) is 18.2 Å². The summed E-state index contributed by atoms with van der Waals surface area (Å²) in [5.74, 6) is 0.523. The van der Waals surface area contributed by atoms with Crippen molar-refractivity contribution in [2.45, 2.75) is 19.3 Å². The molecule has 7 nitrogen and oxygen atoms in total. The quantitative estimate of drug-likeness (QED) is 0.181. The fourth-order valence-corrected chi connectivity index (χ4v) is 4.13. The fraction of sp³-hybridized carbons (Fsp3) is 0.160. The Morgan fingerprint density at radius 3 is 2.64 bits per heavy atom. The van der Waals surface area contributed by atoms with E-state index in [-0.39, 0.29) is 17.5 Å². The summed E-state index contributed by atoms with van der Waals surface area (Å²) < 4.78 is 0.532. The Morgan fingerprint density at radius 1 is 1.09 bits per heavy atom. The Kier molecular flexibility index (Phi) is 6.74. The molecule has 8 heteroatoms. The number of phenols is 1. The number of rotatable bonds is 8. The number of amidine groups is 1. The Labute approximate surface area is 199 Å². The molecule has 1 aromatic heterocycles. The zero-order valence-corrected chi connectivity index (χ0v) is 19.4. The number of aromatic amines is 1. The van der Waals surface area contributed by atoms with Gasteiger partial charge in [0.15, 0.2) is 0 Å². The molecule has 0 aliphatic rings. The number of fused-ring (bicyclic) bond motifs is 1. The summed E-state index contributed by atoms with van der Waals surface area (Å²) in [6, 6.07) is 18.9. The van der Waals surface area contributed by atoms with E-state index in [1.165, 1.54) is 5.56 Å². The van der Waals surface area contributed by atoms with Gasteiger partial charge in [-0.05, 0) is 70.2 Å². The zero-order valence-electron chi connectivity index (χ0n) is 17.9. The number of carbonyl (C=O) groups excluding carboxylic acids is 1. The number of nitrogens with zero attached hydrogens (tertiary/aromatic N) is 1. The average molecular weight is 506 g/mol. The van der Waals surface area contributed by atoms with Crippen molar-refractivity contribution in [1.29, 1.82) is 5.41 Å². The first-order valence-corrected chi connectivity index (χ1v) is 11.4. The van der Waals surface area contributed by atoms with Gasteiger partial charge in [0.25, 0.3) is 0 Å². The summed E-state index contributed by atoms with van der Waals surface area (Å²) in [5.41, 5.74) is 10.2. The van der Waals surface area contributed by atoms with Crippen LogP contribution in [0, 0.1) is 5.41 Å². The molecule has 1 amide bonds. The van der Waals surface area contributed by atoms with E-state index < -0.39 is 0 Å². The van der Waals surface area contributed by atoms with Gasteiger partial charge in [-0.2, -0.15) is 0 Å². The van der Waals surface area contributed by atoms with Crippen LogP contribution in [-0.2, 0) is 17.6 Å². The number of nitrogen functional groups attached to an aromatic ring is 1. The first kappa shape index (κ1) is 22.5. The summed E-state index contributed by atoms with van der Waals surface area (Å²) in [5, 5.41) is 21.2. The van der Waals surface area contributed by atoms with Crippen LogP contribution in [0.5, 0.6) is 5.75 Å². The maximum atomic E-state index is 12.3. The van der Waals surface area contributed by atoms with Gasteiger partial charge in [-0.3, -0.25) is 10.2 Å². The summed E-state index contributed by atoms with van der Waals surface area (Å²) in [4.78, 5) is 20.1. The molecule has 0 saturated heterocycles. The smallest absolute Gasteiger partial charge is 0.220 e. The molecule has 0 aliphatic carbocycles. The van der Waals surface area contributed by atoms with Crippen LogP contribution in [0.2, 0.25) is 0 Å². The predicted octanol–water partition coefficient (Wildman–Crippen LogP) is 4.27. The molecule has 3 aromatic carbocycles. The monoisotopic (exact) mass is 505 g/mol. The number of aromatic nitrogens is 2. The molecule has 4 rings (SSSR count). The summed E-state index contributed by atoms with van der Waals surface area (Å²) in [6.45, 7) is 0.592. The topological polar surface area (TPSA) is 128 Å². The van der Waals surface area contributed by atoms with Gasteiger partial charge in [0, 0.05) is 18.5 Å². The molecule has 1 heterocycles. The molecule has 4 aromatic rings. The number of carbonyl (C=O) groups is 1. The number of halogens is 1. The van der Waals surface area contributed by atoms with Crippen molar-refractivity contribution in [2.24, 2.45) is 5.73 Å². The number of H-pyrrole nitrogens is 1. The minimum Gasteiger partial charge on any atom is -0.506 e. The Morgan fingerprint density at radius 2 is 1.88 bits per heavy atom. The minimum absolute atomic E-state index is 0.0165. The number of nitrogens with two attached hydrogens (primary N) is 1. The van der Waals surface area contributed by atoms with Crippen LogP contribution in [0.15, 0.2) is 65.1 Å². The molecule has 168 valence electrons. The predicted molar refractivity (Wildman–Crippen MR) is 133 cm³/mol. The summed E-state index contributed by atoms with van der Waals surface area (Å²) in [6.07, 6.45) is 1.66. The van der Waals surface area contributed by atoms with Crippen molar-refractivity contribution in [3.8, 4) is 17.1 Å². The molecule has 0 bridgehead atoms. The van der Waals surface area contributed by atoms with Crippen LogP contribution in [0.25, 0.3) is 22.4 Å². The van der Waals surface area contributed by atoms with Crippen LogP contribution in [0.4, 0.5) is 0 Å². The van der Waals surface area contributed by atoms with Gasteiger partial charge in [-0.25, -0.2) is 4.98 Å². The molecule has 0 unspecified atom stereocenters. The van der Waals surface area contributed by atoms with Crippen LogP contribution in [0.3, 0.4) is 0 Å². The number of benzene rings is 3. The first-order chi connectivity index (χ1) is 15.9. The second kappa shape index (κ2) is 9.87. The third kappa shape index (κ3) is 5.40. The first-order valence-electron chi connectivity index (χ1n) is 10.6. The number of hydrogen-bond donors (Lipinski definition) is 5. The second-order valence-electron chi connectivity index (χ2n) is 7.79. The van der Waals surface area contributed by atoms with E-state index in [9.17, 15) is 9.90 Å². The second-order valence-corrected chi connectivity index (χ2v) is 8.64. The SMILES string of the molecule is N=C(N)c1ccc2nc(-c3cc(CCC(=O)NCCc4ccccc4)cc(Br)c3O)[nH]c2c1. The number of imidazole rings is 1. The summed E-state index contributed by atoms with van der Waals surface area (Å²) in [7, 11) is 0. The number of phenolic OH excluding ortho intramolecular Hbond substituents is 1. The van der Waals surface area contributed by atoms with Gasteiger partial charge in [0.05, 0.1) is 21.1 Å². The molecule has 0 spiro atoms. The van der Waals surface area contributed by atoms with E-state index >= 15 is 0 Å². The highest BCUT2D eigenvalue weighted by Crippen LogP contribution is 2.36. The van der Waals surface area contributed by atoms with E-state index in [2.05, 4.69) is 31.2 Å². The molecular formula is C25H24BrN5O2. The lowest BCUT2D eigenvalue weighted by atomic mass is 10.0. The highest BCUT2D eigenvalue weighted by Gasteiger charge is 2.15. The lowest BCUT2D eigenvalue weighted by molar-refractivity contribution is -0.121. The fourth-order valence-electron chi connectivity index (χ4n) is 3.62. The maximum absolute atomic E-state index is 12.3. The van der Waals surface area contributed by atoms with Crippen LogP contribution < -0.4 is 11.1 Å². The lowest BCUT2D eigenvalue weighted by Crippen LogP contribution is -2.25. The van der Waals surface area contributed by atoms with Gasteiger partial charge < -0.3 is 21.1 Å². The molecule has 33 heavy (non-hydrogen) atoms. The summed E-state index contributed by atoms with van der Waals surface area (Å²) >= 11 is 3.41. The van der Waals surface area contributed by atoms with Crippen LogP contribution >= 0.6 is 15.9 Å². The van der Waals surface area contributed by atoms with Crippen LogP contribution in [0.1, 0.15) is 23.1 Å². The highest BCUT2D eigenvalue weighted by molar-refractivity contribution is 9.10. The normalized spacial score (nSPS) is 10.9. The van der Waals surface area contributed by atoms with E-state index in [1.807, 2.05) is 42.5 Å². The lowest BCUT2D eigenvalue weighted by Gasteiger charge is -2.09. The maximum Gasteiger partial charge on any atom is 0.220 e. The van der Waals surface area contributed by atoms with Gasteiger partial charge in [-0.15, -0.1) is 0 Å². The van der Waals surface area contributed by atoms with Crippen molar-refractivity contribution in [1.82, 2.24) is 15.3 Å². The van der Waals surface area contributed by atoms with Gasteiger partial charge in [0.2, 0.25) is 5.91 Å². The number of aromatic hydroxyl groups is 1. The molecule has 0 atom stereocenters. The van der Waals surface area contributed by atoms with Crippen molar-refractivity contribution in [3.05, 3.63) is 81.8 Å². The third-order valence-corrected chi connectivity index (χ3v) is 6.00. The van der Waals surface area contributed by atoms with Crippen molar-refractivity contribution < 1.29 is 9.90 Å². The third-order valence-electron chi connectivity index (χ3n) is 5.39. The minimum atomic E-state index is -0.0253. The van der Waals surface area contributed by atoms with E-state index in [0.717, 1.165) is 17.5 Å².